The largest absolute Gasteiger partial charge is 0.439 e. The molecule has 0 aliphatic carbocycles. The number of hydrogen-bond donors (Lipinski definition) is 0. The average molecular weight is 440 g/mol. The van der Waals surface area contributed by atoms with Gasteiger partial charge in [0.25, 0.3) is 0 Å². The van der Waals surface area contributed by atoms with Crippen molar-refractivity contribution in [3.63, 3.8) is 0 Å². The van der Waals surface area contributed by atoms with E-state index in [0.29, 0.717) is 0 Å². The normalized spacial score (nSPS) is 11.9. The van der Waals surface area contributed by atoms with Crippen molar-refractivity contribution in [3.8, 4) is 16.9 Å². The van der Waals surface area contributed by atoms with Crippen molar-refractivity contribution in [3.05, 3.63) is 122 Å². The quantitative estimate of drug-likeness (QED) is 0.258. The van der Waals surface area contributed by atoms with Gasteiger partial charge in [-0.25, -0.2) is 4.98 Å². The SMILES string of the molecule is C=C/C=C(\C=C)c1cc(-n2c3cnccc3c3c4ccccc4oc32)cc(-c2ccccc2)n1. The molecule has 34 heavy (non-hydrogen) atoms. The Morgan fingerprint density at radius 1 is 0.912 bits per heavy atom. The Morgan fingerprint density at radius 3 is 2.56 bits per heavy atom. The third-order valence-corrected chi connectivity index (χ3v) is 6.04. The van der Waals surface area contributed by atoms with E-state index in [9.17, 15) is 0 Å². The van der Waals surface area contributed by atoms with Crippen LogP contribution in [0.15, 0.2) is 121 Å². The van der Waals surface area contributed by atoms with E-state index in [1.54, 1.807) is 12.2 Å². The van der Waals surface area contributed by atoms with Gasteiger partial charge in [-0.05, 0) is 29.8 Å². The minimum atomic E-state index is 0.785. The smallest absolute Gasteiger partial charge is 0.213 e. The Hall–Kier alpha value is -4.70. The summed E-state index contributed by atoms with van der Waals surface area (Å²) in [4.78, 5) is 9.38. The molecule has 0 fully saturated rings. The fourth-order valence-corrected chi connectivity index (χ4v) is 4.53. The summed E-state index contributed by atoms with van der Waals surface area (Å²) in [6.45, 7) is 7.84. The molecule has 6 aromatic rings. The highest BCUT2D eigenvalue weighted by molar-refractivity contribution is 6.19. The van der Waals surface area contributed by atoms with Crippen molar-refractivity contribution in [1.29, 1.82) is 0 Å². The molecule has 0 bridgehead atoms. The summed E-state index contributed by atoms with van der Waals surface area (Å²) in [6, 6.07) is 24.5. The maximum atomic E-state index is 6.41. The van der Waals surface area contributed by atoms with Crippen molar-refractivity contribution in [2.75, 3.05) is 0 Å². The van der Waals surface area contributed by atoms with Gasteiger partial charge in [0, 0.05) is 22.5 Å². The molecule has 0 N–H and O–H groups in total. The molecule has 0 aliphatic rings. The molecule has 0 amide bonds. The van der Waals surface area contributed by atoms with Crippen molar-refractivity contribution in [1.82, 2.24) is 14.5 Å². The van der Waals surface area contributed by atoms with Gasteiger partial charge in [-0.1, -0.05) is 79.9 Å². The first-order chi connectivity index (χ1) is 16.8. The zero-order chi connectivity index (χ0) is 23.1. The third kappa shape index (κ3) is 3.08. The van der Waals surface area contributed by atoms with Crippen LogP contribution in [0.5, 0.6) is 0 Å². The average Bonchev–Trinajstić information content (AvgIpc) is 3.42. The molecule has 4 aromatic heterocycles. The van der Waals surface area contributed by atoms with Crippen LogP contribution in [0.2, 0.25) is 0 Å². The number of para-hydroxylation sites is 1. The zero-order valence-corrected chi connectivity index (χ0v) is 18.5. The maximum Gasteiger partial charge on any atom is 0.213 e. The highest BCUT2D eigenvalue weighted by atomic mass is 16.3. The Bertz CT molecular complexity index is 1740. The molecule has 0 aliphatic heterocycles. The first-order valence-corrected chi connectivity index (χ1v) is 11.1. The fraction of sp³-hybridized carbons (Fsp3) is 0. The highest BCUT2D eigenvalue weighted by Gasteiger charge is 2.20. The highest BCUT2D eigenvalue weighted by Crippen LogP contribution is 2.39. The maximum absolute atomic E-state index is 6.41. The van der Waals surface area contributed by atoms with Gasteiger partial charge < -0.3 is 4.42 Å². The summed E-state index contributed by atoms with van der Waals surface area (Å²) in [5.74, 6) is 0. The van der Waals surface area contributed by atoms with Crippen LogP contribution >= 0.6 is 0 Å². The van der Waals surface area contributed by atoms with Crippen LogP contribution < -0.4 is 0 Å². The van der Waals surface area contributed by atoms with Gasteiger partial charge >= 0.3 is 0 Å². The molecule has 2 aromatic carbocycles. The molecule has 4 nitrogen and oxygen atoms in total. The molecule has 4 heterocycles. The van der Waals surface area contributed by atoms with Gasteiger partial charge in [-0.2, -0.15) is 0 Å². The van der Waals surface area contributed by atoms with Crippen LogP contribution in [0.4, 0.5) is 0 Å². The van der Waals surface area contributed by atoms with Crippen molar-refractivity contribution in [2.24, 2.45) is 0 Å². The number of allylic oxidation sites excluding steroid dienone is 4. The Labute approximate surface area is 196 Å². The van der Waals surface area contributed by atoms with Crippen LogP contribution in [-0.4, -0.2) is 14.5 Å². The standard InChI is InChI=1S/C30H21N3O/c1-3-10-20(4-2)25-17-22(18-26(32-25)21-11-6-5-7-12-21)33-27-19-31-16-15-23(27)29-24-13-8-9-14-28(24)34-30(29)33/h3-19H,1-2H2/b20-10+. The van der Waals surface area contributed by atoms with Crippen LogP contribution in [0.1, 0.15) is 5.69 Å². The molecule has 0 spiro atoms. The van der Waals surface area contributed by atoms with E-state index in [4.69, 9.17) is 9.40 Å². The van der Waals surface area contributed by atoms with E-state index in [1.807, 2.05) is 60.9 Å². The fourth-order valence-electron chi connectivity index (χ4n) is 4.53. The molecular weight excluding hydrogens is 418 g/mol. The monoisotopic (exact) mass is 439 g/mol. The summed E-state index contributed by atoms with van der Waals surface area (Å²) in [6.07, 6.45) is 9.18. The van der Waals surface area contributed by atoms with E-state index >= 15 is 0 Å². The predicted molar refractivity (Wildman–Crippen MR) is 140 cm³/mol. The van der Waals surface area contributed by atoms with E-state index in [-0.39, 0.29) is 0 Å². The van der Waals surface area contributed by atoms with Gasteiger partial charge in [-0.3, -0.25) is 9.55 Å². The first-order valence-electron chi connectivity index (χ1n) is 11.1. The van der Waals surface area contributed by atoms with Crippen molar-refractivity contribution < 1.29 is 4.42 Å². The number of pyridine rings is 2. The van der Waals surface area contributed by atoms with E-state index in [1.165, 1.54) is 0 Å². The number of rotatable bonds is 5. The number of furan rings is 1. The topological polar surface area (TPSA) is 43.9 Å². The second kappa shape index (κ2) is 8.01. The first kappa shape index (κ1) is 19.9. The van der Waals surface area contributed by atoms with Crippen LogP contribution in [0.3, 0.4) is 0 Å². The third-order valence-electron chi connectivity index (χ3n) is 6.04. The number of hydrogen-bond acceptors (Lipinski definition) is 3. The lowest BCUT2D eigenvalue weighted by Gasteiger charge is -2.12. The van der Waals surface area contributed by atoms with Gasteiger partial charge in [0.1, 0.15) is 5.58 Å². The van der Waals surface area contributed by atoms with Crippen LogP contribution in [0.25, 0.3) is 55.5 Å². The lowest BCUT2D eigenvalue weighted by molar-refractivity contribution is 0.645. The minimum absolute atomic E-state index is 0.785. The summed E-state index contributed by atoms with van der Waals surface area (Å²) in [5, 5.41) is 3.27. The number of nitrogens with zero attached hydrogens (tertiary/aromatic N) is 3. The molecular formula is C30H21N3O. The molecule has 0 radical (unpaired) electrons. The van der Waals surface area contributed by atoms with Crippen LogP contribution in [0, 0.1) is 0 Å². The molecule has 4 heteroatoms. The van der Waals surface area contributed by atoms with Gasteiger partial charge in [0.05, 0.1) is 34.2 Å². The zero-order valence-electron chi connectivity index (χ0n) is 18.5. The number of benzene rings is 2. The van der Waals surface area contributed by atoms with Crippen LogP contribution in [-0.2, 0) is 0 Å². The number of fused-ring (bicyclic) bond motifs is 5. The second-order valence-electron chi connectivity index (χ2n) is 8.03. The Morgan fingerprint density at radius 2 is 1.74 bits per heavy atom. The Kier molecular flexibility index (Phi) is 4.70. The summed E-state index contributed by atoms with van der Waals surface area (Å²) >= 11 is 0. The summed E-state index contributed by atoms with van der Waals surface area (Å²) in [7, 11) is 0. The molecule has 0 saturated carbocycles. The summed E-state index contributed by atoms with van der Waals surface area (Å²) in [5.41, 5.74) is 7.15. The van der Waals surface area contributed by atoms with Gasteiger partial charge in [0.15, 0.2) is 0 Å². The van der Waals surface area contributed by atoms with E-state index in [0.717, 1.165) is 61.2 Å². The minimum Gasteiger partial charge on any atom is -0.439 e. The Balaban J connectivity index is 1.73. The lowest BCUT2D eigenvalue weighted by Crippen LogP contribution is -1.99. The molecule has 0 unspecified atom stereocenters. The van der Waals surface area contributed by atoms with E-state index in [2.05, 4.69) is 53.0 Å². The van der Waals surface area contributed by atoms with E-state index < -0.39 is 0 Å². The van der Waals surface area contributed by atoms with Crippen molar-refractivity contribution >= 4 is 38.5 Å². The summed E-state index contributed by atoms with van der Waals surface area (Å²) < 4.78 is 8.54. The number of aromatic nitrogens is 3. The molecule has 0 saturated heterocycles. The van der Waals surface area contributed by atoms with Gasteiger partial charge in [-0.15, -0.1) is 0 Å². The molecule has 162 valence electrons. The van der Waals surface area contributed by atoms with Crippen molar-refractivity contribution in [2.45, 2.75) is 0 Å². The van der Waals surface area contributed by atoms with Gasteiger partial charge in [0.2, 0.25) is 5.71 Å². The molecule has 0 atom stereocenters. The lowest BCUT2D eigenvalue weighted by atomic mass is 10.1. The second-order valence-corrected chi connectivity index (χ2v) is 8.03. The predicted octanol–water partition coefficient (Wildman–Crippen LogP) is 7.74. The molecule has 6 rings (SSSR count).